The van der Waals surface area contributed by atoms with Crippen LogP contribution in [0.1, 0.15) is 25.8 Å². The summed E-state index contributed by atoms with van der Waals surface area (Å²) in [4.78, 5) is 36.0. The number of nitrogens with one attached hydrogen (secondary N) is 1. The summed E-state index contributed by atoms with van der Waals surface area (Å²) in [5.74, 6) is -0.364. The molecule has 1 aromatic carbocycles. The van der Waals surface area contributed by atoms with Gasteiger partial charge in [0.15, 0.2) is 11.6 Å². The number of amides is 2. The van der Waals surface area contributed by atoms with Gasteiger partial charge in [-0.05, 0) is 38.0 Å². The molecule has 0 saturated carbocycles. The van der Waals surface area contributed by atoms with Gasteiger partial charge in [0.1, 0.15) is 0 Å². The molecule has 0 saturated heterocycles. The van der Waals surface area contributed by atoms with Crippen LogP contribution in [0.5, 0.6) is 0 Å². The molecule has 0 aromatic heterocycles. The van der Waals surface area contributed by atoms with Gasteiger partial charge >= 0.3 is 6.03 Å². The lowest BCUT2D eigenvalue weighted by molar-refractivity contribution is -0.115. The predicted molar refractivity (Wildman–Crippen MR) is 89.0 cm³/mol. The summed E-state index contributed by atoms with van der Waals surface area (Å²) in [6.07, 6.45) is 0.254. The SMILES string of the molecule is CC1=C(CCNC(N)=O)C(=O)C(c2ccc(Cl)cc2)=C(C)C1=O. The minimum Gasteiger partial charge on any atom is -0.352 e. The van der Waals surface area contributed by atoms with Gasteiger partial charge in [-0.1, -0.05) is 23.7 Å². The number of carbonyl (C=O) groups is 3. The predicted octanol–water partition coefficient (Wildman–Crippen LogP) is 2.64. The summed E-state index contributed by atoms with van der Waals surface area (Å²) in [7, 11) is 0. The number of ketones is 2. The zero-order valence-electron chi connectivity index (χ0n) is 12.9. The molecule has 0 aliphatic heterocycles. The minimum absolute atomic E-state index is 0.163. The maximum absolute atomic E-state index is 12.8. The maximum atomic E-state index is 12.8. The van der Waals surface area contributed by atoms with Crippen molar-refractivity contribution in [2.45, 2.75) is 20.3 Å². The number of carbonyl (C=O) groups excluding carboxylic acids is 3. The largest absolute Gasteiger partial charge is 0.352 e. The first-order valence-corrected chi connectivity index (χ1v) is 7.50. The normalized spacial score (nSPS) is 15.3. The molecular weight excluding hydrogens is 316 g/mol. The van der Waals surface area contributed by atoms with E-state index in [2.05, 4.69) is 5.32 Å². The first-order chi connectivity index (χ1) is 10.8. The lowest BCUT2D eigenvalue weighted by Gasteiger charge is -2.21. The van der Waals surface area contributed by atoms with Crippen molar-refractivity contribution < 1.29 is 14.4 Å². The van der Waals surface area contributed by atoms with Gasteiger partial charge in [-0.25, -0.2) is 4.79 Å². The molecule has 0 heterocycles. The van der Waals surface area contributed by atoms with Gasteiger partial charge in [-0.15, -0.1) is 0 Å². The molecule has 1 aromatic rings. The number of hydrogen-bond acceptors (Lipinski definition) is 3. The topological polar surface area (TPSA) is 89.3 Å². The molecule has 6 heteroatoms. The van der Waals surface area contributed by atoms with E-state index in [0.29, 0.717) is 32.9 Å². The molecule has 120 valence electrons. The zero-order chi connectivity index (χ0) is 17.1. The summed E-state index contributed by atoms with van der Waals surface area (Å²) in [5, 5.41) is 2.98. The molecule has 0 spiro atoms. The third-order valence-corrected chi connectivity index (χ3v) is 4.07. The highest BCUT2D eigenvalue weighted by molar-refractivity contribution is 6.39. The van der Waals surface area contributed by atoms with E-state index in [1.54, 1.807) is 38.1 Å². The summed E-state index contributed by atoms with van der Waals surface area (Å²) in [5.41, 5.74) is 7.28. The van der Waals surface area contributed by atoms with E-state index < -0.39 is 6.03 Å². The second-order valence-corrected chi connectivity index (χ2v) is 5.75. The van der Waals surface area contributed by atoms with Gasteiger partial charge in [0.2, 0.25) is 0 Å². The number of rotatable bonds is 4. The number of Topliss-reactive ketones (excluding diaryl/α,β-unsaturated/α-hetero) is 2. The van der Waals surface area contributed by atoms with E-state index in [4.69, 9.17) is 17.3 Å². The van der Waals surface area contributed by atoms with Crippen molar-refractivity contribution in [3.63, 3.8) is 0 Å². The van der Waals surface area contributed by atoms with Crippen LogP contribution in [-0.2, 0) is 9.59 Å². The van der Waals surface area contributed by atoms with Crippen molar-refractivity contribution in [3.05, 3.63) is 51.6 Å². The molecule has 23 heavy (non-hydrogen) atoms. The van der Waals surface area contributed by atoms with Crippen LogP contribution < -0.4 is 11.1 Å². The molecule has 0 fully saturated rings. The smallest absolute Gasteiger partial charge is 0.312 e. The van der Waals surface area contributed by atoms with Crippen molar-refractivity contribution >= 4 is 34.8 Å². The van der Waals surface area contributed by atoms with E-state index in [1.807, 2.05) is 0 Å². The van der Waals surface area contributed by atoms with Crippen molar-refractivity contribution in [1.82, 2.24) is 5.32 Å². The van der Waals surface area contributed by atoms with Crippen LogP contribution in [0.3, 0.4) is 0 Å². The Balaban J connectivity index is 2.37. The summed E-state index contributed by atoms with van der Waals surface area (Å²) in [6.45, 7) is 3.47. The Hall–Kier alpha value is -2.40. The molecule has 2 rings (SSSR count). The molecule has 1 aliphatic carbocycles. The second-order valence-electron chi connectivity index (χ2n) is 5.31. The van der Waals surface area contributed by atoms with Crippen molar-refractivity contribution in [2.24, 2.45) is 5.73 Å². The highest BCUT2D eigenvalue weighted by atomic mass is 35.5. The number of benzene rings is 1. The highest BCUT2D eigenvalue weighted by Gasteiger charge is 2.30. The van der Waals surface area contributed by atoms with E-state index >= 15 is 0 Å². The molecule has 0 atom stereocenters. The Morgan fingerprint density at radius 2 is 1.70 bits per heavy atom. The molecule has 0 bridgehead atoms. The maximum Gasteiger partial charge on any atom is 0.312 e. The Labute approximate surface area is 139 Å². The van der Waals surface area contributed by atoms with Gasteiger partial charge in [0.05, 0.1) is 0 Å². The summed E-state index contributed by atoms with van der Waals surface area (Å²) in [6, 6.07) is 6.11. The van der Waals surface area contributed by atoms with Crippen LogP contribution in [0.25, 0.3) is 5.57 Å². The number of hydrogen-bond donors (Lipinski definition) is 2. The van der Waals surface area contributed by atoms with Crippen molar-refractivity contribution in [1.29, 1.82) is 0 Å². The fourth-order valence-electron chi connectivity index (χ4n) is 2.60. The Morgan fingerprint density at radius 1 is 1.09 bits per heavy atom. The molecule has 0 radical (unpaired) electrons. The standard InChI is InChI=1S/C17H17ClN2O3/c1-9-13(7-8-20-17(19)23)16(22)14(10(2)15(9)21)11-3-5-12(18)6-4-11/h3-6H,7-8H2,1-2H3,(H3,19,20,23). The fraction of sp³-hybridized carbons (Fsp3) is 0.235. The molecule has 1 aliphatic rings. The Bertz CT molecular complexity index is 746. The van der Waals surface area contributed by atoms with Gasteiger partial charge in [0, 0.05) is 33.9 Å². The lowest BCUT2D eigenvalue weighted by Crippen LogP contribution is -2.31. The monoisotopic (exact) mass is 332 g/mol. The Kier molecular flexibility index (Phi) is 5.01. The first kappa shape index (κ1) is 17.0. The molecule has 2 amide bonds. The average Bonchev–Trinajstić information content (AvgIpc) is 2.50. The lowest BCUT2D eigenvalue weighted by atomic mass is 9.81. The zero-order valence-corrected chi connectivity index (χ0v) is 13.7. The van der Waals surface area contributed by atoms with E-state index in [1.165, 1.54) is 0 Å². The second kappa shape index (κ2) is 6.79. The molecular formula is C17H17ClN2O3. The number of halogens is 1. The molecule has 3 N–H and O–H groups in total. The van der Waals surface area contributed by atoms with Gasteiger partial charge < -0.3 is 11.1 Å². The van der Waals surface area contributed by atoms with E-state index in [9.17, 15) is 14.4 Å². The number of allylic oxidation sites excluding steroid dienone is 3. The Morgan fingerprint density at radius 3 is 2.26 bits per heavy atom. The van der Waals surface area contributed by atoms with Crippen LogP contribution >= 0.6 is 11.6 Å². The summed E-state index contributed by atoms with van der Waals surface area (Å²) < 4.78 is 0. The van der Waals surface area contributed by atoms with E-state index in [0.717, 1.165) is 0 Å². The number of nitrogens with two attached hydrogens (primary N) is 1. The molecule has 0 unspecified atom stereocenters. The third kappa shape index (κ3) is 3.51. The quantitative estimate of drug-likeness (QED) is 0.830. The van der Waals surface area contributed by atoms with Crippen molar-refractivity contribution in [3.8, 4) is 0 Å². The van der Waals surface area contributed by atoms with Crippen molar-refractivity contribution in [2.75, 3.05) is 6.54 Å². The van der Waals surface area contributed by atoms with E-state index in [-0.39, 0.29) is 24.5 Å². The molecule has 5 nitrogen and oxygen atoms in total. The van der Waals surface area contributed by atoms with Crippen LogP contribution in [0.2, 0.25) is 5.02 Å². The van der Waals surface area contributed by atoms with Gasteiger partial charge in [-0.2, -0.15) is 0 Å². The number of urea groups is 1. The first-order valence-electron chi connectivity index (χ1n) is 7.12. The third-order valence-electron chi connectivity index (χ3n) is 3.82. The van der Waals surface area contributed by atoms with Crippen LogP contribution in [-0.4, -0.2) is 24.1 Å². The highest BCUT2D eigenvalue weighted by Crippen LogP contribution is 2.32. The minimum atomic E-state index is -0.664. The van der Waals surface area contributed by atoms with Crippen LogP contribution in [0, 0.1) is 0 Å². The number of primary amides is 1. The van der Waals surface area contributed by atoms with Gasteiger partial charge in [-0.3, -0.25) is 9.59 Å². The van der Waals surface area contributed by atoms with Crippen LogP contribution in [0.15, 0.2) is 41.0 Å². The summed E-state index contributed by atoms with van der Waals surface area (Å²) >= 11 is 5.87. The van der Waals surface area contributed by atoms with Gasteiger partial charge in [0.25, 0.3) is 0 Å². The average molecular weight is 333 g/mol. The van der Waals surface area contributed by atoms with Crippen LogP contribution in [0.4, 0.5) is 4.79 Å². The fourth-order valence-corrected chi connectivity index (χ4v) is 2.73.